The molecule has 1 amide bonds. The highest BCUT2D eigenvalue weighted by atomic mass is 35.5. The first-order valence-corrected chi connectivity index (χ1v) is 6.57. The van der Waals surface area contributed by atoms with E-state index in [1.165, 1.54) is 24.3 Å². The van der Waals surface area contributed by atoms with E-state index < -0.39 is 12.1 Å². The summed E-state index contributed by atoms with van der Waals surface area (Å²) < 4.78 is 12.8. The van der Waals surface area contributed by atoms with Crippen LogP contribution >= 0.6 is 12.4 Å². The largest absolute Gasteiger partial charge is 0.386 e. The van der Waals surface area contributed by atoms with Gasteiger partial charge >= 0.3 is 0 Å². The Morgan fingerprint density at radius 3 is 2.30 bits per heavy atom. The normalized spacial score (nSPS) is 18.1. The molecule has 112 valence electrons. The van der Waals surface area contributed by atoms with Gasteiger partial charge in [0.05, 0.1) is 0 Å². The molecule has 0 aliphatic carbocycles. The van der Waals surface area contributed by atoms with Crippen molar-refractivity contribution in [3.63, 3.8) is 0 Å². The molecule has 3 N–H and O–H groups in total. The molecule has 0 aromatic heterocycles. The fourth-order valence-corrected chi connectivity index (χ4v) is 2.33. The third-order valence-electron chi connectivity index (χ3n) is 3.50. The van der Waals surface area contributed by atoms with E-state index in [1.54, 1.807) is 4.90 Å². The zero-order chi connectivity index (χ0) is 13.8. The number of aliphatic hydroxyl groups is 1. The van der Waals surface area contributed by atoms with E-state index in [0.717, 1.165) is 19.3 Å². The number of nitrogens with two attached hydrogens (primary N) is 1. The van der Waals surface area contributed by atoms with Crippen molar-refractivity contribution in [2.45, 2.75) is 31.4 Å². The summed E-state index contributed by atoms with van der Waals surface area (Å²) in [5.74, 6) is -0.622. The Balaban J connectivity index is 0.00000200. The lowest BCUT2D eigenvalue weighted by atomic mass is 10.0. The second kappa shape index (κ2) is 7.57. The number of rotatable bonds is 3. The van der Waals surface area contributed by atoms with Crippen molar-refractivity contribution in [2.24, 2.45) is 5.73 Å². The molecule has 6 heteroatoms. The summed E-state index contributed by atoms with van der Waals surface area (Å²) in [4.78, 5) is 13.8. The van der Waals surface area contributed by atoms with Crippen molar-refractivity contribution in [3.05, 3.63) is 35.6 Å². The zero-order valence-electron chi connectivity index (χ0n) is 11.2. The summed E-state index contributed by atoms with van der Waals surface area (Å²) in [5, 5.41) is 10.1. The average Bonchev–Trinajstić information content (AvgIpc) is 2.46. The molecule has 0 bridgehead atoms. The van der Waals surface area contributed by atoms with Crippen LogP contribution in [0.3, 0.4) is 0 Å². The van der Waals surface area contributed by atoms with Crippen LogP contribution in [-0.4, -0.2) is 35.0 Å². The van der Waals surface area contributed by atoms with Gasteiger partial charge in [0.1, 0.15) is 18.0 Å². The summed E-state index contributed by atoms with van der Waals surface area (Å²) in [7, 11) is 0. The van der Waals surface area contributed by atoms with Gasteiger partial charge in [-0.05, 0) is 37.0 Å². The van der Waals surface area contributed by atoms with Crippen LogP contribution in [0.15, 0.2) is 24.3 Å². The van der Waals surface area contributed by atoms with Gasteiger partial charge in [-0.15, -0.1) is 12.4 Å². The fraction of sp³-hybridized carbons (Fsp3) is 0.500. The predicted octanol–water partition coefficient (Wildman–Crippen LogP) is 1.62. The monoisotopic (exact) mass is 302 g/mol. The van der Waals surface area contributed by atoms with Gasteiger partial charge in [0.25, 0.3) is 0 Å². The number of piperidine rings is 1. The van der Waals surface area contributed by atoms with Crippen molar-refractivity contribution >= 4 is 18.3 Å². The Hall–Kier alpha value is -1.17. The van der Waals surface area contributed by atoms with Crippen molar-refractivity contribution in [1.29, 1.82) is 0 Å². The molecule has 1 aliphatic heterocycles. The van der Waals surface area contributed by atoms with Gasteiger partial charge < -0.3 is 15.7 Å². The van der Waals surface area contributed by atoms with Gasteiger partial charge in [0.2, 0.25) is 5.91 Å². The number of nitrogens with zero attached hydrogens (tertiary/aromatic N) is 1. The summed E-state index contributed by atoms with van der Waals surface area (Å²) in [5.41, 5.74) is 6.28. The minimum absolute atomic E-state index is 0. The van der Waals surface area contributed by atoms with Crippen LogP contribution in [0.2, 0.25) is 0 Å². The highest BCUT2D eigenvalue weighted by molar-refractivity contribution is 5.85. The highest BCUT2D eigenvalue weighted by Crippen LogP contribution is 2.19. The van der Waals surface area contributed by atoms with Crippen LogP contribution < -0.4 is 5.73 Å². The molecule has 1 saturated heterocycles. The topological polar surface area (TPSA) is 66.6 Å². The van der Waals surface area contributed by atoms with E-state index in [4.69, 9.17) is 5.73 Å². The zero-order valence-corrected chi connectivity index (χ0v) is 12.0. The summed E-state index contributed by atoms with van der Waals surface area (Å²) >= 11 is 0. The third kappa shape index (κ3) is 3.91. The van der Waals surface area contributed by atoms with Crippen molar-refractivity contribution in [2.75, 3.05) is 13.1 Å². The average molecular weight is 303 g/mol. The minimum atomic E-state index is -1.10. The number of likely N-dealkylation sites (tertiary alicyclic amines) is 1. The Morgan fingerprint density at radius 2 is 1.75 bits per heavy atom. The van der Waals surface area contributed by atoms with Crippen molar-refractivity contribution in [1.82, 2.24) is 4.90 Å². The molecular formula is C14H20ClFN2O2. The number of carbonyl (C=O) groups is 1. The highest BCUT2D eigenvalue weighted by Gasteiger charge is 2.28. The van der Waals surface area contributed by atoms with Crippen molar-refractivity contribution in [3.8, 4) is 0 Å². The number of hydrogen-bond donors (Lipinski definition) is 2. The quantitative estimate of drug-likeness (QED) is 0.891. The molecule has 1 aromatic carbocycles. The van der Waals surface area contributed by atoms with Crippen LogP contribution in [0, 0.1) is 5.82 Å². The van der Waals surface area contributed by atoms with E-state index in [9.17, 15) is 14.3 Å². The van der Waals surface area contributed by atoms with E-state index in [1.807, 2.05) is 0 Å². The fourth-order valence-electron chi connectivity index (χ4n) is 2.33. The van der Waals surface area contributed by atoms with Crippen LogP contribution in [0.5, 0.6) is 0 Å². The minimum Gasteiger partial charge on any atom is -0.386 e. The van der Waals surface area contributed by atoms with E-state index in [0.29, 0.717) is 18.7 Å². The lowest BCUT2D eigenvalue weighted by Crippen LogP contribution is -2.48. The molecule has 20 heavy (non-hydrogen) atoms. The van der Waals surface area contributed by atoms with Crippen LogP contribution in [0.4, 0.5) is 4.39 Å². The van der Waals surface area contributed by atoms with Gasteiger partial charge in [-0.2, -0.15) is 0 Å². The standard InChI is InChI=1S/C14H19FN2O2.ClH/c15-11-6-4-10(5-7-11)13(18)12(16)14(19)17-8-2-1-3-9-17;/h4-7,12-13,18H,1-3,8-9,16H2;1H. The smallest absolute Gasteiger partial charge is 0.242 e. The number of carbonyl (C=O) groups excluding carboxylic acids is 1. The van der Waals surface area contributed by atoms with E-state index >= 15 is 0 Å². The van der Waals surface area contributed by atoms with E-state index in [-0.39, 0.29) is 24.1 Å². The Morgan fingerprint density at radius 1 is 1.20 bits per heavy atom. The number of halogens is 2. The molecular weight excluding hydrogens is 283 g/mol. The predicted molar refractivity (Wildman–Crippen MR) is 77.0 cm³/mol. The van der Waals surface area contributed by atoms with Gasteiger partial charge in [-0.25, -0.2) is 4.39 Å². The molecule has 1 fully saturated rings. The summed E-state index contributed by atoms with van der Waals surface area (Å²) in [6, 6.07) is 4.39. The van der Waals surface area contributed by atoms with Gasteiger partial charge in [0.15, 0.2) is 0 Å². The van der Waals surface area contributed by atoms with Crippen LogP contribution in [0.25, 0.3) is 0 Å². The second-order valence-corrected chi connectivity index (χ2v) is 4.91. The Labute approximate surface area is 124 Å². The maximum Gasteiger partial charge on any atom is 0.242 e. The van der Waals surface area contributed by atoms with Crippen LogP contribution in [-0.2, 0) is 4.79 Å². The third-order valence-corrected chi connectivity index (χ3v) is 3.50. The van der Waals surface area contributed by atoms with Crippen LogP contribution in [0.1, 0.15) is 30.9 Å². The number of aliphatic hydroxyl groups excluding tert-OH is 1. The molecule has 4 nitrogen and oxygen atoms in total. The molecule has 2 rings (SSSR count). The number of hydrogen-bond acceptors (Lipinski definition) is 3. The first-order chi connectivity index (χ1) is 9.09. The first-order valence-electron chi connectivity index (χ1n) is 6.57. The van der Waals surface area contributed by atoms with Gasteiger partial charge in [-0.1, -0.05) is 12.1 Å². The molecule has 1 aromatic rings. The second-order valence-electron chi connectivity index (χ2n) is 4.91. The molecule has 0 saturated carbocycles. The molecule has 1 heterocycles. The Bertz CT molecular complexity index is 435. The SMILES string of the molecule is Cl.NC(C(=O)N1CCCCC1)C(O)c1ccc(F)cc1. The molecule has 2 unspecified atom stereocenters. The Kier molecular flexibility index (Phi) is 6.39. The maximum atomic E-state index is 12.8. The maximum absolute atomic E-state index is 12.8. The number of amides is 1. The summed E-state index contributed by atoms with van der Waals surface area (Å²) in [6.07, 6.45) is 1.98. The molecule has 0 spiro atoms. The lowest BCUT2D eigenvalue weighted by molar-refractivity contribution is -0.136. The van der Waals surface area contributed by atoms with E-state index in [2.05, 4.69) is 0 Å². The van der Waals surface area contributed by atoms with Gasteiger partial charge in [-0.3, -0.25) is 4.79 Å². The van der Waals surface area contributed by atoms with Gasteiger partial charge in [0, 0.05) is 13.1 Å². The molecule has 0 radical (unpaired) electrons. The number of benzene rings is 1. The lowest BCUT2D eigenvalue weighted by Gasteiger charge is -2.30. The molecule has 1 aliphatic rings. The van der Waals surface area contributed by atoms with Crippen molar-refractivity contribution < 1.29 is 14.3 Å². The first kappa shape index (κ1) is 16.9. The molecule has 2 atom stereocenters. The summed E-state index contributed by atoms with van der Waals surface area (Å²) in [6.45, 7) is 1.39.